The zero-order valence-electron chi connectivity index (χ0n) is 10.6. The van der Waals surface area contributed by atoms with Gasteiger partial charge in [0.1, 0.15) is 6.54 Å². The highest BCUT2D eigenvalue weighted by Crippen LogP contribution is 2.19. The maximum absolute atomic E-state index is 12.1. The molecule has 0 aliphatic carbocycles. The van der Waals surface area contributed by atoms with Gasteiger partial charge in [-0.25, -0.2) is 0 Å². The number of rotatable bonds is 6. The molecular formula is C10H17F3N4O. The maximum Gasteiger partial charge on any atom is 0.406 e. The molecule has 1 aromatic heterocycles. The summed E-state index contributed by atoms with van der Waals surface area (Å²) < 4.78 is 41.6. The number of hydrogen-bond acceptors (Lipinski definition) is 5. The third-order valence-corrected chi connectivity index (χ3v) is 2.03. The van der Waals surface area contributed by atoms with E-state index in [0.717, 1.165) is 11.4 Å². The van der Waals surface area contributed by atoms with E-state index in [0.29, 0.717) is 12.5 Å². The summed E-state index contributed by atoms with van der Waals surface area (Å²) in [6.45, 7) is 4.10. The van der Waals surface area contributed by atoms with E-state index in [-0.39, 0.29) is 11.9 Å². The van der Waals surface area contributed by atoms with Crippen LogP contribution < -0.4 is 10.2 Å². The SMILES string of the molecule is CC(C)CNCc1nnc(N(C)CC(F)(F)F)o1. The minimum atomic E-state index is -4.29. The monoisotopic (exact) mass is 266 g/mol. The normalized spacial score (nSPS) is 12.2. The van der Waals surface area contributed by atoms with Crippen LogP contribution in [0.15, 0.2) is 4.42 Å². The summed E-state index contributed by atoms with van der Waals surface area (Å²) in [7, 11) is 1.26. The quantitative estimate of drug-likeness (QED) is 0.851. The van der Waals surface area contributed by atoms with Gasteiger partial charge in [-0.05, 0) is 12.5 Å². The highest BCUT2D eigenvalue weighted by atomic mass is 19.4. The largest absolute Gasteiger partial charge is 0.407 e. The first-order chi connectivity index (χ1) is 8.28. The highest BCUT2D eigenvalue weighted by Gasteiger charge is 2.31. The Hall–Kier alpha value is -1.31. The Morgan fingerprint density at radius 2 is 2.00 bits per heavy atom. The Labute approximate surface area is 103 Å². The van der Waals surface area contributed by atoms with Gasteiger partial charge in [-0.15, -0.1) is 5.10 Å². The molecule has 0 bridgehead atoms. The number of nitrogens with zero attached hydrogens (tertiary/aromatic N) is 3. The molecule has 0 radical (unpaired) electrons. The van der Waals surface area contributed by atoms with E-state index < -0.39 is 12.7 Å². The first kappa shape index (κ1) is 14.7. The van der Waals surface area contributed by atoms with Crippen LogP contribution in [0.1, 0.15) is 19.7 Å². The van der Waals surface area contributed by atoms with Crippen molar-refractivity contribution in [3.05, 3.63) is 5.89 Å². The minimum Gasteiger partial charge on any atom is -0.407 e. The third-order valence-electron chi connectivity index (χ3n) is 2.03. The van der Waals surface area contributed by atoms with Crippen molar-refractivity contribution in [2.75, 3.05) is 25.0 Å². The van der Waals surface area contributed by atoms with Gasteiger partial charge in [0, 0.05) is 7.05 Å². The Balaban J connectivity index is 2.47. The molecule has 0 aliphatic heterocycles. The van der Waals surface area contributed by atoms with Crippen LogP contribution in [0.25, 0.3) is 0 Å². The topological polar surface area (TPSA) is 54.2 Å². The molecule has 0 unspecified atom stereocenters. The molecule has 0 atom stereocenters. The Kier molecular flexibility index (Phi) is 4.94. The molecule has 1 rings (SSSR count). The lowest BCUT2D eigenvalue weighted by Crippen LogP contribution is -2.31. The zero-order valence-corrected chi connectivity index (χ0v) is 10.6. The van der Waals surface area contributed by atoms with Crippen molar-refractivity contribution >= 4 is 6.01 Å². The number of nitrogens with one attached hydrogen (secondary N) is 1. The average molecular weight is 266 g/mol. The van der Waals surface area contributed by atoms with E-state index in [1.165, 1.54) is 7.05 Å². The van der Waals surface area contributed by atoms with E-state index in [1.807, 2.05) is 13.8 Å². The van der Waals surface area contributed by atoms with Gasteiger partial charge < -0.3 is 14.6 Å². The summed E-state index contributed by atoms with van der Waals surface area (Å²) in [6, 6.07) is -0.131. The number of aromatic nitrogens is 2. The molecule has 0 aliphatic rings. The number of alkyl halides is 3. The van der Waals surface area contributed by atoms with Gasteiger partial charge in [-0.3, -0.25) is 0 Å². The van der Waals surface area contributed by atoms with Gasteiger partial charge in [0.25, 0.3) is 0 Å². The lowest BCUT2D eigenvalue weighted by molar-refractivity contribution is -0.119. The van der Waals surface area contributed by atoms with Crippen LogP contribution >= 0.6 is 0 Å². The lowest BCUT2D eigenvalue weighted by atomic mass is 10.2. The van der Waals surface area contributed by atoms with Crippen molar-refractivity contribution in [3.63, 3.8) is 0 Å². The smallest absolute Gasteiger partial charge is 0.406 e. The number of hydrogen-bond donors (Lipinski definition) is 1. The Morgan fingerprint density at radius 1 is 1.33 bits per heavy atom. The summed E-state index contributed by atoms with van der Waals surface area (Å²) in [4.78, 5) is 0.874. The van der Waals surface area contributed by atoms with Crippen molar-refractivity contribution in [3.8, 4) is 0 Å². The summed E-state index contributed by atoms with van der Waals surface area (Å²) >= 11 is 0. The number of anilines is 1. The van der Waals surface area contributed by atoms with Gasteiger partial charge in [0.2, 0.25) is 5.89 Å². The third kappa shape index (κ3) is 5.35. The van der Waals surface area contributed by atoms with Gasteiger partial charge in [-0.2, -0.15) is 13.2 Å². The summed E-state index contributed by atoms with van der Waals surface area (Å²) in [5.74, 6) is 0.750. The summed E-state index contributed by atoms with van der Waals surface area (Å²) in [5, 5.41) is 10.3. The molecule has 0 fully saturated rings. The van der Waals surface area contributed by atoms with Crippen molar-refractivity contribution in [2.45, 2.75) is 26.6 Å². The molecule has 0 saturated heterocycles. The van der Waals surface area contributed by atoms with E-state index in [1.54, 1.807) is 0 Å². The second-order valence-electron chi connectivity index (χ2n) is 4.47. The van der Waals surface area contributed by atoms with Crippen molar-refractivity contribution in [2.24, 2.45) is 5.92 Å². The zero-order chi connectivity index (χ0) is 13.8. The molecule has 104 valence electrons. The molecule has 8 heteroatoms. The van der Waals surface area contributed by atoms with Gasteiger partial charge in [0.15, 0.2) is 0 Å². The first-order valence-corrected chi connectivity index (χ1v) is 5.59. The van der Waals surface area contributed by atoms with Crippen molar-refractivity contribution < 1.29 is 17.6 Å². The molecule has 0 spiro atoms. The van der Waals surface area contributed by atoms with E-state index in [4.69, 9.17) is 4.42 Å². The molecule has 5 nitrogen and oxygen atoms in total. The predicted molar refractivity (Wildman–Crippen MR) is 60.2 cm³/mol. The molecule has 1 heterocycles. The second kappa shape index (κ2) is 6.03. The molecule has 1 aromatic rings. The fourth-order valence-electron chi connectivity index (χ4n) is 1.27. The number of halogens is 3. The molecule has 0 amide bonds. The van der Waals surface area contributed by atoms with Crippen LogP contribution in [-0.4, -0.2) is 36.5 Å². The Bertz CT molecular complexity index is 364. The van der Waals surface area contributed by atoms with Crippen molar-refractivity contribution in [1.29, 1.82) is 0 Å². The van der Waals surface area contributed by atoms with Crippen LogP contribution in [0.3, 0.4) is 0 Å². The first-order valence-electron chi connectivity index (χ1n) is 5.59. The molecule has 18 heavy (non-hydrogen) atoms. The van der Waals surface area contributed by atoms with Gasteiger partial charge in [-0.1, -0.05) is 18.9 Å². The van der Waals surface area contributed by atoms with E-state index >= 15 is 0 Å². The summed E-state index contributed by atoms with van der Waals surface area (Å²) in [5.41, 5.74) is 0. The second-order valence-corrected chi connectivity index (χ2v) is 4.47. The average Bonchev–Trinajstić information content (AvgIpc) is 2.63. The van der Waals surface area contributed by atoms with E-state index in [2.05, 4.69) is 15.5 Å². The van der Waals surface area contributed by atoms with Crippen LogP contribution in [0.2, 0.25) is 0 Å². The fraction of sp³-hybridized carbons (Fsp3) is 0.800. The molecule has 1 N–H and O–H groups in total. The van der Waals surface area contributed by atoms with Crippen LogP contribution in [0.4, 0.5) is 19.2 Å². The van der Waals surface area contributed by atoms with E-state index in [9.17, 15) is 13.2 Å². The molecular weight excluding hydrogens is 249 g/mol. The highest BCUT2D eigenvalue weighted by molar-refractivity contribution is 5.22. The summed E-state index contributed by atoms with van der Waals surface area (Å²) in [6.07, 6.45) is -4.29. The molecule has 0 saturated carbocycles. The minimum absolute atomic E-state index is 0.131. The van der Waals surface area contributed by atoms with Gasteiger partial charge in [0.05, 0.1) is 6.54 Å². The molecule has 0 aromatic carbocycles. The standard InChI is InChI=1S/C10H17F3N4O/c1-7(2)4-14-5-8-15-16-9(18-8)17(3)6-10(11,12)13/h7,14H,4-6H2,1-3H3. The van der Waals surface area contributed by atoms with Crippen LogP contribution in [0.5, 0.6) is 0 Å². The van der Waals surface area contributed by atoms with Crippen molar-refractivity contribution in [1.82, 2.24) is 15.5 Å². The Morgan fingerprint density at radius 3 is 2.56 bits per heavy atom. The maximum atomic E-state index is 12.1. The van der Waals surface area contributed by atoms with Gasteiger partial charge >= 0.3 is 12.2 Å². The fourth-order valence-corrected chi connectivity index (χ4v) is 1.27. The lowest BCUT2D eigenvalue weighted by Gasteiger charge is -2.15. The van der Waals surface area contributed by atoms with Crippen LogP contribution in [0, 0.1) is 5.92 Å². The predicted octanol–water partition coefficient (Wildman–Crippen LogP) is 1.81. The van der Waals surface area contributed by atoms with Crippen LogP contribution in [-0.2, 0) is 6.54 Å².